The summed E-state index contributed by atoms with van der Waals surface area (Å²) in [6.07, 6.45) is 9.57. The maximum Gasteiger partial charge on any atom is 0.232 e. The summed E-state index contributed by atoms with van der Waals surface area (Å²) in [6.45, 7) is 3.72. The van der Waals surface area contributed by atoms with Gasteiger partial charge < -0.3 is 10.1 Å². The molecule has 0 spiro atoms. The molecule has 0 radical (unpaired) electrons. The first-order valence-corrected chi connectivity index (χ1v) is 6.55. The lowest BCUT2D eigenvalue weighted by Gasteiger charge is -2.06. The molecule has 0 unspecified atom stereocenters. The van der Waals surface area contributed by atoms with Gasteiger partial charge in [0.15, 0.2) is 0 Å². The average Bonchev–Trinajstić information content (AvgIpc) is 3.17. The van der Waals surface area contributed by atoms with E-state index >= 15 is 0 Å². The Balaban J connectivity index is 1.74. The molecule has 1 heterocycles. The largest absolute Gasteiger partial charge is 0.477 e. The van der Waals surface area contributed by atoms with E-state index in [1.54, 1.807) is 12.4 Å². The van der Waals surface area contributed by atoms with E-state index in [9.17, 15) is 0 Å². The topological polar surface area (TPSA) is 47.0 Å². The SMILES string of the molecule is CCCCCOc1cncc(CNC2CC2)n1. The number of nitrogens with zero attached hydrogens (tertiary/aromatic N) is 2. The second-order valence-electron chi connectivity index (χ2n) is 4.56. The van der Waals surface area contributed by atoms with Crippen molar-refractivity contribution in [3.05, 3.63) is 18.1 Å². The summed E-state index contributed by atoms with van der Waals surface area (Å²) in [4.78, 5) is 8.58. The molecule has 1 saturated carbocycles. The molecule has 2 rings (SSSR count). The first kappa shape index (κ1) is 12.3. The predicted molar refractivity (Wildman–Crippen MR) is 66.9 cm³/mol. The monoisotopic (exact) mass is 235 g/mol. The highest BCUT2D eigenvalue weighted by Crippen LogP contribution is 2.19. The lowest BCUT2D eigenvalue weighted by molar-refractivity contribution is 0.292. The van der Waals surface area contributed by atoms with E-state index in [1.165, 1.54) is 25.7 Å². The molecule has 0 saturated heterocycles. The van der Waals surface area contributed by atoms with Gasteiger partial charge in [-0.3, -0.25) is 4.98 Å². The molecule has 0 bridgehead atoms. The van der Waals surface area contributed by atoms with Gasteiger partial charge in [-0.05, 0) is 19.3 Å². The van der Waals surface area contributed by atoms with Crippen LogP contribution in [0.5, 0.6) is 5.88 Å². The molecule has 1 aliphatic carbocycles. The van der Waals surface area contributed by atoms with Crippen LogP contribution in [-0.4, -0.2) is 22.6 Å². The number of hydrogen-bond donors (Lipinski definition) is 1. The van der Waals surface area contributed by atoms with Gasteiger partial charge in [0.25, 0.3) is 0 Å². The molecule has 17 heavy (non-hydrogen) atoms. The summed E-state index contributed by atoms with van der Waals surface area (Å²) in [5.41, 5.74) is 0.963. The maximum atomic E-state index is 5.57. The molecule has 0 amide bonds. The Morgan fingerprint density at radius 2 is 2.24 bits per heavy atom. The molecular weight excluding hydrogens is 214 g/mol. The van der Waals surface area contributed by atoms with Crippen molar-refractivity contribution < 1.29 is 4.74 Å². The zero-order valence-corrected chi connectivity index (χ0v) is 10.5. The zero-order valence-electron chi connectivity index (χ0n) is 10.5. The van der Waals surface area contributed by atoms with Crippen LogP contribution in [0.3, 0.4) is 0 Å². The van der Waals surface area contributed by atoms with Gasteiger partial charge in [0.05, 0.1) is 18.5 Å². The van der Waals surface area contributed by atoms with Crippen LogP contribution in [0.15, 0.2) is 12.4 Å². The Labute approximate surface area is 103 Å². The minimum absolute atomic E-state index is 0.649. The van der Waals surface area contributed by atoms with Crippen LogP contribution in [0.25, 0.3) is 0 Å². The average molecular weight is 235 g/mol. The normalized spacial score (nSPS) is 14.9. The first-order valence-electron chi connectivity index (χ1n) is 6.55. The summed E-state index contributed by atoms with van der Waals surface area (Å²) < 4.78 is 5.57. The molecule has 1 N–H and O–H groups in total. The van der Waals surface area contributed by atoms with Gasteiger partial charge in [-0.25, -0.2) is 4.98 Å². The van der Waals surface area contributed by atoms with Crippen molar-refractivity contribution in [2.24, 2.45) is 0 Å². The highest BCUT2D eigenvalue weighted by atomic mass is 16.5. The molecule has 1 fully saturated rings. The molecule has 4 nitrogen and oxygen atoms in total. The van der Waals surface area contributed by atoms with Gasteiger partial charge in [0.2, 0.25) is 5.88 Å². The third-order valence-electron chi connectivity index (χ3n) is 2.81. The standard InChI is InChI=1S/C13H21N3O/c1-2-3-4-7-17-13-10-14-8-12(16-13)9-15-11-5-6-11/h8,10-11,15H,2-7,9H2,1H3. The second-order valence-corrected chi connectivity index (χ2v) is 4.56. The quantitative estimate of drug-likeness (QED) is 0.702. The van der Waals surface area contributed by atoms with Crippen molar-refractivity contribution in [2.45, 2.75) is 51.6 Å². The fourth-order valence-electron chi connectivity index (χ4n) is 1.61. The Kier molecular flexibility index (Phi) is 4.74. The summed E-state index contributed by atoms with van der Waals surface area (Å²) in [7, 11) is 0. The number of hydrogen-bond acceptors (Lipinski definition) is 4. The molecule has 1 aromatic rings. The number of rotatable bonds is 8. The lowest BCUT2D eigenvalue weighted by Crippen LogP contribution is -2.16. The minimum atomic E-state index is 0.649. The number of unbranched alkanes of at least 4 members (excludes halogenated alkanes) is 2. The number of nitrogens with one attached hydrogen (secondary N) is 1. The van der Waals surface area contributed by atoms with Gasteiger partial charge >= 0.3 is 0 Å². The molecule has 94 valence electrons. The molecule has 0 atom stereocenters. The van der Waals surface area contributed by atoms with Crippen LogP contribution in [0.1, 0.15) is 44.7 Å². The van der Waals surface area contributed by atoms with E-state index in [0.29, 0.717) is 11.9 Å². The van der Waals surface area contributed by atoms with Crippen molar-refractivity contribution in [2.75, 3.05) is 6.61 Å². The molecular formula is C13H21N3O. The van der Waals surface area contributed by atoms with Gasteiger partial charge in [-0.15, -0.1) is 0 Å². The smallest absolute Gasteiger partial charge is 0.232 e. The predicted octanol–water partition coefficient (Wildman–Crippen LogP) is 2.30. The molecule has 0 aliphatic heterocycles. The lowest BCUT2D eigenvalue weighted by atomic mass is 10.3. The fourth-order valence-corrected chi connectivity index (χ4v) is 1.61. The number of ether oxygens (including phenoxy) is 1. The third-order valence-corrected chi connectivity index (χ3v) is 2.81. The van der Waals surface area contributed by atoms with Crippen LogP contribution >= 0.6 is 0 Å². The second kappa shape index (κ2) is 6.55. The summed E-state index contributed by atoms with van der Waals surface area (Å²) in [5.74, 6) is 0.649. The van der Waals surface area contributed by atoms with Crippen LogP contribution in [0, 0.1) is 0 Å². The Hall–Kier alpha value is -1.16. The van der Waals surface area contributed by atoms with Crippen molar-refractivity contribution in [1.82, 2.24) is 15.3 Å². The van der Waals surface area contributed by atoms with Gasteiger partial charge in [-0.1, -0.05) is 19.8 Å². The summed E-state index contributed by atoms with van der Waals surface area (Å²) in [6, 6.07) is 0.700. The highest BCUT2D eigenvalue weighted by molar-refractivity contribution is 5.08. The van der Waals surface area contributed by atoms with E-state index in [0.717, 1.165) is 25.3 Å². The third kappa shape index (κ3) is 4.69. The Morgan fingerprint density at radius 3 is 3.00 bits per heavy atom. The van der Waals surface area contributed by atoms with Crippen molar-refractivity contribution in [3.8, 4) is 5.88 Å². The van der Waals surface area contributed by atoms with E-state index in [2.05, 4.69) is 22.2 Å². The van der Waals surface area contributed by atoms with E-state index < -0.39 is 0 Å². The van der Waals surface area contributed by atoms with Crippen LogP contribution < -0.4 is 10.1 Å². The minimum Gasteiger partial charge on any atom is -0.477 e. The molecule has 1 aliphatic rings. The molecule has 4 heteroatoms. The van der Waals surface area contributed by atoms with Crippen LogP contribution in [-0.2, 0) is 6.54 Å². The zero-order chi connectivity index (χ0) is 11.9. The van der Waals surface area contributed by atoms with E-state index in [1.807, 2.05) is 0 Å². The van der Waals surface area contributed by atoms with Crippen LogP contribution in [0.2, 0.25) is 0 Å². The van der Waals surface area contributed by atoms with Crippen molar-refractivity contribution in [1.29, 1.82) is 0 Å². The van der Waals surface area contributed by atoms with E-state index in [4.69, 9.17) is 4.74 Å². The molecule has 1 aromatic heterocycles. The Bertz CT molecular complexity index is 339. The van der Waals surface area contributed by atoms with E-state index in [-0.39, 0.29) is 0 Å². The fraction of sp³-hybridized carbons (Fsp3) is 0.692. The molecule has 0 aromatic carbocycles. The van der Waals surface area contributed by atoms with Crippen LogP contribution in [0.4, 0.5) is 0 Å². The summed E-state index contributed by atoms with van der Waals surface area (Å²) in [5, 5.41) is 3.42. The first-order chi connectivity index (χ1) is 8.38. The van der Waals surface area contributed by atoms with Gasteiger partial charge in [0, 0.05) is 18.8 Å². The van der Waals surface area contributed by atoms with Crippen molar-refractivity contribution >= 4 is 0 Å². The van der Waals surface area contributed by atoms with Crippen molar-refractivity contribution in [3.63, 3.8) is 0 Å². The maximum absolute atomic E-state index is 5.57. The number of aromatic nitrogens is 2. The van der Waals surface area contributed by atoms with Gasteiger partial charge in [0.1, 0.15) is 0 Å². The van der Waals surface area contributed by atoms with Gasteiger partial charge in [-0.2, -0.15) is 0 Å². The Morgan fingerprint density at radius 1 is 1.35 bits per heavy atom. The summed E-state index contributed by atoms with van der Waals surface area (Å²) >= 11 is 0. The highest BCUT2D eigenvalue weighted by Gasteiger charge is 2.20.